The van der Waals surface area contributed by atoms with Gasteiger partial charge in [0.05, 0.1) is 0 Å². The van der Waals surface area contributed by atoms with E-state index in [4.69, 9.17) is 0 Å². The van der Waals surface area contributed by atoms with Crippen LogP contribution in [0.3, 0.4) is 0 Å². The quantitative estimate of drug-likeness (QED) is 0.719. The molecule has 0 aromatic heterocycles. The molecule has 0 spiro atoms. The summed E-state index contributed by atoms with van der Waals surface area (Å²) in [5.41, 5.74) is 0. The lowest BCUT2D eigenvalue weighted by atomic mass is 9.79. The molecule has 2 amide bonds. The second kappa shape index (κ2) is 4.84. The number of hydrogen-bond acceptors (Lipinski definition) is 2. The highest BCUT2D eigenvalue weighted by Gasteiger charge is 2.34. The van der Waals surface area contributed by atoms with Gasteiger partial charge in [-0.3, -0.25) is 0 Å². The number of likely N-dealkylation sites (tertiary alicyclic amines) is 1. The molecule has 2 N–H and O–H groups in total. The molecule has 0 aromatic carbocycles. The molecule has 1 aliphatic carbocycles. The van der Waals surface area contributed by atoms with Crippen LogP contribution < -0.4 is 10.6 Å². The maximum Gasteiger partial charge on any atom is 0.317 e. The third-order valence-corrected chi connectivity index (χ3v) is 4.67. The van der Waals surface area contributed by atoms with Gasteiger partial charge in [-0.05, 0) is 57.0 Å². The van der Waals surface area contributed by atoms with Crippen molar-refractivity contribution in [3.8, 4) is 0 Å². The number of urea groups is 1. The van der Waals surface area contributed by atoms with Gasteiger partial charge in [0.1, 0.15) is 0 Å². The Hall–Kier alpha value is -0.770. The first-order chi connectivity index (χ1) is 8.33. The topological polar surface area (TPSA) is 44.4 Å². The van der Waals surface area contributed by atoms with E-state index in [2.05, 4.69) is 10.6 Å². The van der Waals surface area contributed by atoms with E-state index in [1.165, 1.54) is 38.6 Å². The van der Waals surface area contributed by atoms with Crippen molar-refractivity contribution in [1.29, 1.82) is 0 Å². The van der Waals surface area contributed by atoms with Gasteiger partial charge in [-0.2, -0.15) is 0 Å². The molecule has 0 radical (unpaired) electrons. The van der Waals surface area contributed by atoms with Crippen molar-refractivity contribution < 1.29 is 4.79 Å². The van der Waals surface area contributed by atoms with Gasteiger partial charge in [0.15, 0.2) is 0 Å². The van der Waals surface area contributed by atoms with Gasteiger partial charge in [-0.25, -0.2) is 4.79 Å². The summed E-state index contributed by atoms with van der Waals surface area (Å²) in [6.45, 7) is 4.25. The number of nitrogens with one attached hydrogen (secondary N) is 2. The summed E-state index contributed by atoms with van der Waals surface area (Å²) in [7, 11) is 0. The van der Waals surface area contributed by atoms with Gasteiger partial charge >= 0.3 is 6.03 Å². The minimum Gasteiger partial charge on any atom is -0.335 e. The minimum atomic E-state index is 0.178. The van der Waals surface area contributed by atoms with E-state index in [1.54, 1.807) is 0 Å². The highest BCUT2D eigenvalue weighted by atomic mass is 16.2. The van der Waals surface area contributed by atoms with Crippen molar-refractivity contribution in [1.82, 2.24) is 15.5 Å². The van der Waals surface area contributed by atoms with E-state index >= 15 is 0 Å². The first kappa shape index (κ1) is 11.3. The summed E-state index contributed by atoms with van der Waals surface area (Å²) in [4.78, 5) is 14.0. The Morgan fingerprint density at radius 2 is 1.88 bits per heavy atom. The summed E-state index contributed by atoms with van der Waals surface area (Å²) in [5, 5.41) is 6.70. The smallest absolute Gasteiger partial charge is 0.317 e. The van der Waals surface area contributed by atoms with E-state index in [9.17, 15) is 4.79 Å². The molecule has 1 unspecified atom stereocenters. The largest absolute Gasteiger partial charge is 0.335 e. The third kappa shape index (κ3) is 2.41. The van der Waals surface area contributed by atoms with Crippen LogP contribution in [0.5, 0.6) is 0 Å². The summed E-state index contributed by atoms with van der Waals surface area (Å²) >= 11 is 0. The molecule has 3 fully saturated rings. The summed E-state index contributed by atoms with van der Waals surface area (Å²) in [5.74, 6) is 1.67. The van der Waals surface area contributed by atoms with Gasteiger partial charge in [-0.1, -0.05) is 0 Å². The van der Waals surface area contributed by atoms with E-state index in [0.29, 0.717) is 6.04 Å². The number of nitrogens with zero attached hydrogens (tertiary/aromatic N) is 1. The standard InChI is InChI=1S/C13H23N3O/c17-13(16-5-1-2-6-16)15-12-4-3-10-8-14-9-11(10)7-12/h10-12,14H,1-9H2,(H,15,17)/t10-,11+,12?/m0/s1. The van der Waals surface area contributed by atoms with Crippen LogP contribution in [0.15, 0.2) is 0 Å². The van der Waals surface area contributed by atoms with Crippen LogP contribution in [0.25, 0.3) is 0 Å². The van der Waals surface area contributed by atoms with Crippen molar-refractivity contribution in [3.63, 3.8) is 0 Å². The summed E-state index contributed by atoms with van der Waals surface area (Å²) in [6, 6.07) is 0.598. The Bertz CT molecular complexity index is 288. The van der Waals surface area contributed by atoms with Gasteiger partial charge in [0.2, 0.25) is 0 Å². The zero-order chi connectivity index (χ0) is 11.7. The molecule has 2 saturated heterocycles. The lowest BCUT2D eigenvalue weighted by molar-refractivity contribution is 0.189. The van der Waals surface area contributed by atoms with Gasteiger partial charge < -0.3 is 15.5 Å². The molecule has 2 heterocycles. The Kier molecular flexibility index (Phi) is 3.23. The normalized spacial score (nSPS) is 36.9. The molecular formula is C13H23N3O. The molecule has 4 nitrogen and oxygen atoms in total. The number of fused-ring (bicyclic) bond motifs is 1. The first-order valence-electron chi connectivity index (χ1n) is 7.09. The molecular weight excluding hydrogens is 214 g/mol. The van der Waals surface area contributed by atoms with E-state index in [0.717, 1.165) is 31.5 Å². The summed E-state index contributed by atoms with van der Waals surface area (Å²) < 4.78 is 0. The van der Waals surface area contributed by atoms with Crippen LogP contribution in [0.4, 0.5) is 4.79 Å². The van der Waals surface area contributed by atoms with E-state index in [1.807, 2.05) is 4.90 Å². The number of hydrogen-bond donors (Lipinski definition) is 2. The molecule has 96 valence electrons. The van der Waals surface area contributed by atoms with Gasteiger partial charge in [0.25, 0.3) is 0 Å². The minimum absolute atomic E-state index is 0.178. The second-order valence-corrected chi connectivity index (χ2v) is 5.83. The Morgan fingerprint density at radius 3 is 2.71 bits per heavy atom. The van der Waals surface area contributed by atoms with Crippen molar-refractivity contribution in [2.75, 3.05) is 26.2 Å². The van der Waals surface area contributed by atoms with E-state index in [-0.39, 0.29) is 6.03 Å². The zero-order valence-corrected chi connectivity index (χ0v) is 10.5. The van der Waals surface area contributed by atoms with Crippen molar-refractivity contribution >= 4 is 6.03 Å². The van der Waals surface area contributed by atoms with Crippen molar-refractivity contribution in [3.05, 3.63) is 0 Å². The average molecular weight is 237 g/mol. The van der Waals surface area contributed by atoms with Crippen molar-refractivity contribution in [2.24, 2.45) is 11.8 Å². The molecule has 3 aliphatic rings. The van der Waals surface area contributed by atoms with Crippen LogP contribution in [-0.4, -0.2) is 43.2 Å². The monoisotopic (exact) mass is 237 g/mol. The van der Waals surface area contributed by atoms with Crippen LogP contribution >= 0.6 is 0 Å². The fraction of sp³-hybridized carbons (Fsp3) is 0.923. The van der Waals surface area contributed by atoms with Crippen molar-refractivity contribution in [2.45, 2.75) is 38.1 Å². The highest BCUT2D eigenvalue weighted by molar-refractivity contribution is 5.74. The first-order valence-corrected chi connectivity index (χ1v) is 7.09. The predicted octanol–water partition coefficient (Wildman–Crippen LogP) is 1.18. The van der Waals surface area contributed by atoms with Crippen LogP contribution in [0.1, 0.15) is 32.1 Å². The number of amides is 2. The van der Waals surface area contributed by atoms with Crippen LogP contribution in [-0.2, 0) is 0 Å². The second-order valence-electron chi connectivity index (χ2n) is 5.83. The Labute approximate surface area is 103 Å². The third-order valence-electron chi connectivity index (χ3n) is 4.67. The van der Waals surface area contributed by atoms with Gasteiger partial charge in [-0.15, -0.1) is 0 Å². The average Bonchev–Trinajstić information content (AvgIpc) is 2.99. The maximum atomic E-state index is 12.0. The molecule has 1 saturated carbocycles. The van der Waals surface area contributed by atoms with Gasteiger partial charge in [0, 0.05) is 19.1 Å². The highest BCUT2D eigenvalue weighted by Crippen LogP contribution is 2.32. The lowest BCUT2D eigenvalue weighted by Crippen LogP contribution is -2.46. The zero-order valence-electron chi connectivity index (χ0n) is 10.5. The maximum absolute atomic E-state index is 12.0. The molecule has 2 aliphatic heterocycles. The number of carbonyl (C=O) groups is 1. The predicted molar refractivity (Wildman–Crippen MR) is 66.8 cm³/mol. The number of rotatable bonds is 1. The molecule has 17 heavy (non-hydrogen) atoms. The molecule has 3 atom stereocenters. The Balaban J connectivity index is 1.50. The summed E-state index contributed by atoms with van der Waals surface area (Å²) in [6.07, 6.45) is 5.97. The Morgan fingerprint density at radius 1 is 1.12 bits per heavy atom. The molecule has 0 bridgehead atoms. The lowest BCUT2D eigenvalue weighted by Gasteiger charge is -2.32. The molecule has 4 heteroatoms. The number of carbonyl (C=O) groups excluding carboxylic acids is 1. The van der Waals surface area contributed by atoms with E-state index < -0.39 is 0 Å². The molecule has 0 aromatic rings. The molecule has 3 rings (SSSR count). The van der Waals surface area contributed by atoms with Crippen LogP contribution in [0, 0.1) is 11.8 Å². The van der Waals surface area contributed by atoms with Crippen LogP contribution in [0.2, 0.25) is 0 Å². The fourth-order valence-corrected chi connectivity index (χ4v) is 3.62. The SMILES string of the molecule is O=C(NC1CC[C@H]2CNC[C@H]2C1)N1CCCC1. The fourth-order valence-electron chi connectivity index (χ4n) is 3.62.